The molecule has 3 heterocycles. The van der Waals surface area contributed by atoms with E-state index < -0.39 is 0 Å². The summed E-state index contributed by atoms with van der Waals surface area (Å²) in [4.78, 5) is 17.2. The summed E-state index contributed by atoms with van der Waals surface area (Å²) in [6.07, 6.45) is 1.60. The molecule has 0 aliphatic heterocycles. The Labute approximate surface area is 142 Å². The van der Waals surface area contributed by atoms with Crippen LogP contribution in [0.15, 0.2) is 51.9 Å². The number of hydrogen-bond acceptors (Lipinski definition) is 5. The number of nitrogens with zero attached hydrogens (tertiary/aromatic N) is 3. The molecule has 4 aromatic rings. The van der Waals surface area contributed by atoms with Crippen LogP contribution < -0.4 is 5.56 Å². The maximum atomic E-state index is 12.8. The van der Waals surface area contributed by atoms with Crippen molar-refractivity contribution in [1.82, 2.24) is 14.8 Å². The van der Waals surface area contributed by atoms with Crippen molar-refractivity contribution in [3.8, 4) is 11.5 Å². The molecule has 4 rings (SSSR count). The monoisotopic (exact) mass is 337 g/mol. The molecule has 5 nitrogen and oxygen atoms in total. The molecule has 0 amide bonds. The third-order valence-electron chi connectivity index (χ3n) is 3.94. The summed E-state index contributed by atoms with van der Waals surface area (Å²) in [5.74, 6) is 0.641. The van der Waals surface area contributed by atoms with Crippen molar-refractivity contribution in [2.24, 2.45) is 0 Å². The van der Waals surface area contributed by atoms with Crippen molar-refractivity contribution in [3.05, 3.63) is 69.1 Å². The topological polar surface area (TPSA) is 60.9 Å². The lowest BCUT2D eigenvalue weighted by molar-refractivity contribution is 0.571. The van der Waals surface area contributed by atoms with Gasteiger partial charge in [0.15, 0.2) is 11.3 Å². The van der Waals surface area contributed by atoms with Gasteiger partial charge in [-0.1, -0.05) is 24.3 Å². The summed E-state index contributed by atoms with van der Waals surface area (Å²) in [5, 5.41) is 5.41. The summed E-state index contributed by atoms with van der Waals surface area (Å²) >= 11 is 1.46. The van der Waals surface area contributed by atoms with E-state index in [4.69, 9.17) is 4.42 Å². The van der Waals surface area contributed by atoms with Gasteiger partial charge >= 0.3 is 0 Å². The van der Waals surface area contributed by atoms with Gasteiger partial charge in [-0.15, -0.1) is 11.3 Å². The van der Waals surface area contributed by atoms with Crippen LogP contribution in [0.25, 0.3) is 21.7 Å². The van der Waals surface area contributed by atoms with E-state index in [9.17, 15) is 4.79 Å². The van der Waals surface area contributed by atoms with Crippen molar-refractivity contribution in [2.45, 2.75) is 20.4 Å². The average Bonchev–Trinajstić information content (AvgIpc) is 3.21. The molecule has 120 valence electrons. The predicted octanol–water partition coefficient (Wildman–Crippen LogP) is 3.78. The first-order valence-electron chi connectivity index (χ1n) is 7.60. The quantitative estimate of drug-likeness (QED) is 0.571. The Morgan fingerprint density at radius 2 is 2.00 bits per heavy atom. The second kappa shape index (κ2) is 5.72. The average molecular weight is 337 g/mol. The maximum Gasteiger partial charge on any atom is 0.294 e. The summed E-state index contributed by atoms with van der Waals surface area (Å²) in [6, 6.07) is 11.6. The first-order chi connectivity index (χ1) is 11.6. The molecule has 0 aliphatic carbocycles. The smallest absolute Gasteiger partial charge is 0.294 e. The molecule has 1 aromatic carbocycles. The van der Waals surface area contributed by atoms with Gasteiger partial charge in [0.1, 0.15) is 5.69 Å². The molecule has 24 heavy (non-hydrogen) atoms. The van der Waals surface area contributed by atoms with Crippen molar-refractivity contribution in [2.75, 3.05) is 0 Å². The molecule has 0 aliphatic rings. The van der Waals surface area contributed by atoms with Gasteiger partial charge in [0.05, 0.1) is 22.5 Å². The molecule has 0 saturated heterocycles. The van der Waals surface area contributed by atoms with Gasteiger partial charge in [0.25, 0.3) is 5.56 Å². The van der Waals surface area contributed by atoms with Crippen molar-refractivity contribution >= 4 is 21.6 Å². The molecular formula is C18H15N3O2S. The highest BCUT2D eigenvalue weighted by Gasteiger charge is 2.18. The van der Waals surface area contributed by atoms with E-state index >= 15 is 0 Å². The first-order valence-corrected chi connectivity index (χ1v) is 8.42. The van der Waals surface area contributed by atoms with Crippen molar-refractivity contribution in [3.63, 3.8) is 0 Å². The number of hydrogen-bond donors (Lipinski definition) is 0. The van der Waals surface area contributed by atoms with Crippen LogP contribution in [0.4, 0.5) is 0 Å². The minimum Gasteiger partial charge on any atom is -0.463 e. The lowest BCUT2D eigenvalue weighted by Crippen LogP contribution is -2.24. The number of furan rings is 1. The molecule has 0 atom stereocenters. The fraction of sp³-hybridized carbons (Fsp3) is 0.167. The standard InChI is InChI=1S/C18H15N3O2S/c1-11-6-3-4-7-13(11)10-21-18(22)16-17(24-12(2)19-16)15(20-21)14-8-5-9-23-14/h3-9H,10H2,1-2H3. The van der Waals surface area contributed by atoms with Gasteiger partial charge in [0.2, 0.25) is 0 Å². The van der Waals surface area contributed by atoms with Crippen LogP contribution >= 0.6 is 11.3 Å². The molecule has 0 radical (unpaired) electrons. The second-order valence-electron chi connectivity index (χ2n) is 5.63. The Bertz CT molecular complexity index is 1080. The van der Waals surface area contributed by atoms with Crippen LogP contribution in [-0.2, 0) is 6.54 Å². The van der Waals surface area contributed by atoms with Crippen LogP contribution in [0, 0.1) is 13.8 Å². The largest absolute Gasteiger partial charge is 0.463 e. The predicted molar refractivity (Wildman–Crippen MR) is 94.4 cm³/mol. The SMILES string of the molecule is Cc1nc2c(=O)n(Cc3ccccc3C)nc(-c3ccco3)c2s1. The maximum absolute atomic E-state index is 12.8. The highest BCUT2D eigenvalue weighted by Crippen LogP contribution is 2.29. The van der Waals surface area contributed by atoms with Gasteiger partial charge < -0.3 is 4.42 Å². The Balaban J connectivity index is 1.95. The second-order valence-corrected chi connectivity index (χ2v) is 6.83. The first kappa shape index (κ1) is 14.8. The van der Waals surface area contributed by atoms with E-state index in [1.807, 2.05) is 50.2 Å². The van der Waals surface area contributed by atoms with E-state index in [1.54, 1.807) is 6.26 Å². The summed E-state index contributed by atoms with van der Waals surface area (Å²) < 4.78 is 7.75. The summed E-state index contributed by atoms with van der Waals surface area (Å²) in [5.41, 5.74) is 3.12. The number of rotatable bonds is 3. The van der Waals surface area contributed by atoms with Gasteiger partial charge in [-0.2, -0.15) is 5.10 Å². The van der Waals surface area contributed by atoms with Crippen LogP contribution in [0.2, 0.25) is 0 Å². The fourth-order valence-electron chi connectivity index (χ4n) is 2.70. The molecule has 6 heteroatoms. The summed E-state index contributed by atoms with van der Waals surface area (Å²) in [7, 11) is 0. The third-order valence-corrected chi connectivity index (χ3v) is 4.92. The van der Waals surface area contributed by atoms with E-state index in [0.29, 0.717) is 23.5 Å². The number of aryl methyl sites for hydroxylation is 2. The van der Waals surface area contributed by atoms with E-state index in [0.717, 1.165) is 20.8 Å². The summed E-state index contributed by atoms with van der Waals surface area (Å²) in [6.45, 7) is 4.33. The van der Waals surface area contributed by atoms with Crippen molar-refractivity contribution < 1.29 is 4.42 Å². The molecule has 0 N–H and O–H groups in total. The van der Waals surface area contributed by atoms with E-state index in [2.05, 4.69) is 10.1 Å². The number of thiazole rings is 1. The Morgan fingerprint density at radius 1 is 1.17 bits per heavy atom. The van der Waals surface area contributed by atoms with Crippen LogP contribution in [-0.4, -0.2) is 14.8 Å². The zero-order valence-electron chi connectivity index (χ0n) is 13.3. The molecule has 0 unspecified atom stereocenters. The highest BCUT2D eigenvalue weighted by molar-refractivity contribution is 7.19. The molecular weight excluding hydrogens is 322 g/mol. The highest BCUT2D eigenvalue weighted by atomic mass is 32.1. The van der Waals surface area contributed by atoms with Crippen LogP contribution in [0.3, 0.4) is 0 Å². The van der Waals surface area contributed by atoms with Gasteiger partial charge in [-0.3, -0.25) is 4.79 Å². The van der Waals surface area contributed by atoms with Crippen molar-refractivity contribution in [1.29, 1.82) is 0 Å². The van der Waals surface area contributed by atoms with Gasteiger partial charge in [0, 0.05) is 0 Å². The lowest BCUT2D eigenvalue weighted by Gasteiger charge is -2.09. The molecule has 0 spiro atoms. The Hall–Kier alpha value is -2.73. The van der Waals surface area contributed by atoms with E-state index in [1.165, 1.54) is 16.0 Å². The normalized spacial score (nSPS) is 11.2. The van der Waals surface area contributed by atoms with Gasteiger partial charge in [-0.25, -0.2) is 9.67 Å². The molecule has 0 saturated carbocycles. The van der Waals surface area contributed by atoms with Crippen LogP contribution in [0.1, 0.15) is 16.1 Å². The number of fused-ring (bicyclic) bond motifs is 1. The van der Waals surface area contributed by atoms with Crippen LogP contribution in [0.5, 0.6) is 0 Å². The molecule has 0 bridgehead atoms. The molecule has 3 aromatic heterocycles. The lowest BCUT2D eigenvalue weighted by atomic mass is 10.1. The van der Waals surface area contributed by atoms with E-state index in [-0.39, 0.29) is 5.56 Å². The Kier molecular flexibility index (Phi) is 3.54. The van der Waals surface area contributed by atoms with Gasteiger partial charge in [-0.05, 0) is 37.1 Å². The molecule has 0 fully saturated rings. The number of benzene rings is 1. The zero-order valence-corrected chi connectivity index (χ0v) is 14.1. The minimum atomic E-state index is -0.173. The Morgan fingerprint density at radius 3 is 2.75 bits per heavy atom. The minimum absolute atomic E-state index is 0.173. The fourth-order valence-corrected chi connectivity index (χ4v) is 3.60. The zero-order chi connectivity index (χ0) is 16.7. The number of aromatic nitrogens is 3. The third kappa shape index (κ3) is 2.45.